The topological polar surface area (TPSA) is 52.6 Å². The lowest BCUT2D eigenvalue weighted by Crippen LogP contribution is -2.41. The van der Waals surface area contributed by atoms with E-state index in [2.05, 4.69) is 10.2 Å². The van der Waals surface area contributed by atoms with E-state index in [-0.39, 0.29) is 17.6 Å². The van der Waals surface area contributed by atoms with Crippen LogP contribution in [0.1, 0.15) is 24.5 Å². The van der Waals surface area contributed by atoms with Crippen LogP contribution in [0.4, 0.5) is 4.39 Å². The monoisotopic (exact) mass is 280 g/mol. The van der Waals surface area contributed by atoms with Gasteiger partial charge >= 0.3 is 0 Å². The van der Waals surface area contributed by atoms with Crippen LogP contribution in [0, 0.1) is 11.7 Å². The van der Waals surface area contributed by atoms with Gasteiger partial charge in [-0.1, -0.05) is 12.1 Å². The number of aliphatic hydroxyl groups is 1. The Labute approximate surface area is 118 Å². The van der Waals surface area contributed by atoms with E-state index in [9.17, 15) is 14.3 Å². The molecule has 2 rings (SSSR count). The van der Waals surface area contributed by atoms with E-state index in [1.54, 1.807) is 19.2 Å². The minimum Gasteiger partial charge on any atom is -0.388 e. The molecule has 5 heteroatoms. The summed E-state index contributed by atoms with van der Waals surface area (Å²) in [5.41, 5.74) is 0.760. The molecule has 4 nitrogen and oxygen atoms in total. The molecular weight excluding hydrogens is 259 g/mol. The molecule has 0 aliphatic carbocycles. The minimum atomic E-state index is -0.558. The third kappa shape index (κ3) is 3.77. The molecule has 0 radical (unpaired) electrons. The van der Waals surface area contributed by atoms with E-state index in [4.69, 9.17) is 0 Å². The highest BCUT2D eigenvalue weighted by Gasteiger charge is 2.26. The summed E-state index contributed by atoms with van der Waals surface area (Å²) in [6, 6.07) is 6.02. The lowest BCUT2D eigenvalue weighted by molar-refractivity contribution is -0.122. The van der Waals surface area contributed by atoms with Crippen LogP contribution in [0.3, 0.4) is 0 Å². The van der Waals surface area contributed by atoms with Gasteiger partial charge in [0.2, 0.25) is 5.91 Å². The zero-order chi connectivity index (χ0) is 14.5. The van der Waals surface area contributed by atoms with Gasteiger partial charge in [-0.3, -0.25) is 9.69 Å². The SMILES string of the molecule is CNC(=O)CN1CCC(C(O)c2ccc(F)cc2)CC1. The average molecular weight is 280 g/mol. The van der Waals surface area contributed by atoms with Crippen molar-refractivity contribution in [3.05, 3.63) is 35.6 Å². The van der Waals surface area contributed by atoms with E-state index >= 15 is 0 Å². The number of halogens is 1. The first-order chi connectivity index (χ1) is 9.60. The van der Waals surface area contributed by atoms with Crippen molar-refractivity contribution in [3.8, 4) is 0 Å². The lowest BCUT2D eigenvalue weighted by Gasteiger charge is -2.33. The second kappa shape index (κ2) is 6.81. The van der Waals surface area contributed by atoms with Gasteiger partial charge in [0.05, 0.1) is 12.6 Å². The first-order valence-electron chi connectivity index (χ1n) is 6.96. The Morgan fingerprint density at radius 1 is 1.40 bits per heavy atom. The molecule has 1 aliphatic rings. The number of hydrogen-bond acceptors (Lipinski definition) is 3. The van der Waals surface area contributed by atoms with Gasteiger partial charge < -0.3 is 10.4 Å². The summed E-state index contributed by atoms with van der Waals surface area (Å²) < 4.78 is 12.9. The summed E-state index contributed by atoms with van der Waals surface area (Å²) >= 11 is 0. The maximum Gasteiger partial charge on any atom is 0.233 e. The van der Waals surface area contributed by atoms with Crippen LogP contribution in [0.15, 0.2) is 24.3 Å². The lowest BCUT2D eigenvalue weighted by atomic mass is 9.87. The van der Waals surface area contributed by atoms with Gasteiger partial charge in [-0.2, -0.15) is 0 Å². The summed E-state index contributed by atoms with van der Waals surface area (Å²) in [5.74, 6) is -0.106. The van der Waals surface area contributed by atoms with E-state index in [1.165, 1.54) is 12.1 Å². The molecule has 1 unspecified atom stereocenters. The van der Waals surface area contributed by atoms with Crippen molar-refractivity contribution in [3.63, 3.8) is 0 Å². The number of amides is 1. The Morgan fingerprint density at radius 2 is 2.00 bits per heavy atom. The molecule has 1 aliphatic heterocycles. The minimum absolute atomic E-state index is 0.0162. The maximum absolute atomic E-state index is 12.9. The fourth-order valence-corrected chi connectivity index (χ4v) is 2.64. The van der Waals surface area contributed by atoms with E-state index < -0.39 is 6.10 Å². The number of carbonyl (C=O) groups excluding carboxylic acids is 1. The Kier molecular flexibility index (Phi) is 5.09. The van der Waals surface area contributed by atoms with Crippen molar-refractivity contribution in [2.75, 3.05) is 26.7 Å². The molecule has 0 spiro atoms. The number of aliphatic hydroxyl groups excluding tert-OH is 1. The van der Waals surface area contributed by atoms with Crippen LogP contribution >= 0.6 is 0 Å². The van der Waals surface area contributed by atoms with Crippen LogP contribution in [0.2, 0.25) is 0 Å². The number of likely N-dealkylation sites (tertiary alicyclic amines) is 1. The van der Waals surface area contributed by atoms with E-state index in [0.29, 0.717) is 6.54 Å². The smallest absolute Gasteiger partial charge is 0.233 e. The van der Waals surface area contributed by atoms with Gasteiger partial charge in [0, 0.05) is 7.05 Å². The van der Waals surface area contributed by atoms with Crippen molar-refractivity contribution < 1.29 is 14.3 Å². The zero-order valence-corrected chi connectivity index (χ0v) is 11.7. The predicted octanol–water partition coefficient (Wildman–Crippen LogP) is 1.32. The quantitative estimate of drug-likeness (QED) is 0.874. The molecule has 110 valence electrons. The van der Waals surface area contributed by atoms with Crippen LogP contribution in [-0.2, 0) is 4.79 Å². The molecule has 1 aromatic rings. The predicted molar refractivity (Wildman–Crippen MR) is 74.6 cm³/mol. The molecule has 1 saturated heterocycles. The third-order valence-electron chi connectivity index (χ3n) is 3.94. The maximum atomic E-state index is 12.9. The third-order valence-corrected chi connectivity index (χ3v) is 3.94. The molecule has 2 N–H and O–H groups in total. The Bertz CT molecular complexity index is 442. The highest BCUT2D eigenvalue weighted by Crippen LogP contribution is 2.30. The number of carbonyl (C=O) groups is 1. The summed E-state index contributed by atoms with van der Waals surface area (Å²) in [7, 11) is 1.63. The highest BCUT2D eigenvalue weighted by molar-refractivity contribution is 5.77. The number of likely N-dealkylation sites (N-methyl/N-ethyl adjacent to an activating group) is 1. The zero-order valence-electron chi connectivity index (χ0n) is 11.7. The Balaban J connectivity index is 1.87. The Hall–Kier alpha value is -1.46. The van der Waals surface area contributed by atoms with Crippen LogP contribution in [-0.4, -0.2) is 42.6 Å². The number of nitrogens with one attached hydrogen (secondary N) is 1. The molecular formula is C15H21FN2O2. The Morgan fingerprint density at radius 3 is 2.55 bits per heavy atom. The largest absolute Gasteiger partial charge is 0.388 e. The summed E-state index contributed by atoms with van der Waals surface area (Å²) in [5, 5.41) is 12.9. The van der Waals surface area contributed by atoms with Crippen molar-refractivity contribution >= 4 is 5.91 Å². The van der Waals surface area contributed by atoms with Gasteiger partial charge in [0.15, 0.2) is 0 Å². The van der Waals surface area contributed by atoms with Gasteiger partial charge in [-0.15, -0.1) is 0 Å². The molecule has 0 aromatic heterocycles. The van der Waals surface area contributed by atoms with Gasteiger partial charge in [0.1, 0.15) is 5.82 Å². The van der Waals surface area contributed by atoms with Crippen molar-refractivity contribution in [2.24, 2.45) is 5.92 Å². The average Bonchev–Trinajstić information content (AvgIpc) is 2.48. The number of hydrogen-bond donors (Lipinski definition) is 2. The van der Waals surface area contributed by atoms with Crippen LogP contribution in [0.25, 0.3) is 0 Å². The molecule has 1 fully saturated rings. The van der Waals surface area contributed by atoms with Crippen LogP contribution < -0.4 is 5.32 Å². The summed E-state index contributed by atoms with van der Waals surface area (Å²) in [6.07, 6.45) is 1.13. The molecule has 20 heavy (non-hydrogen) atoms. The molecule has 1 heterocycles. The number of rotatable bonds is 4. The van der Waals surface area contributed by atoms with Gasteiger partial charge in [0.25, 0.3) is 0 Å². The summed E-state index contributed by atoms with van der Waals surface area (Å²) in [6.45, 7) is 2.02. The molecule has 0 bridgehead atoms. The number of piperidine rings is 1. The van der Waals surface area contributed by atoms with Crippen molar-refractivity contribution in [2.45, 2.75) is 18.9 Å². The number of nitrogens with zero attached hydrogens (tertiary/aromatic N) is 1. The van der Waals surface area contributed by atoms with Gasteiger partial charge in [-0.05, 0) is 49.5 Å². The fourth-order valence-electron chi connectivity index (χ4n) is 2.64. The van der Waals surface area contributed by atoms with Crippen molar-refractivity contribution in [1.29, 1.82) is 0 Å². The highest BCUT2D eigenvalue weighted by atomic mass is 19.1. The first kappa shape index (κ1) is 14.9. The van der Waals surface area contributed by atoms with Crippen LogP contribution in [0.5, 0.6) is 0 Å². The van der Waals surface area contributed by atoms with Crippen molar-refractivity contribution in [1.82, 2.24) is 10.2 Å². The molecule has 1 amide bonds. The second-order valence-electron chi connectivity index (χ2n) is 5.28. The second-order valence-corrected chi connectivity index (χ2v) is 5.28. The summed E-state index contributed by atoms with van der Waals surface area (Å²) in [4.78, 5) is 13.4. The molecule has 1 aromatic carbocycles. The molecule has 1 atom stereocenters. The molecule has 0 saturated carbocycles. The van der Waals surface area contributed by atoms with Gasteiger partial charge in [-0.25, -0.2) is 4.39 Å². The number of benzene rings is 1. The fraction of sp³-hybridized carbons (Fsp3) is 0.533. The van der Waals surface area contributed by atoms with E-state index in [1.807, 2.05) is 0 Å². The standard InChI is InChI=1S/C15H21FN2O2/c1-17-14(19)10-18-8-6-12(7-9-18)15(20)11-2-4-13(16)5-3-11/h2-5,12,15,20H,6-10H2,1H3,(H,17,19). The normalized spacial score (nSPS) is 18.8. The van der Waals surface area contributed by atoms with E-state index in [0.717, 1.165) is 31.5 Å². The first-order valence-corrected chi connectivity index (χ1v) is 6.96.